The quantitative estimate of drug-likeness (QED) is 0.877. The standard InChI is InChI=1S/C21H26N2O2/c1-16-6-3-4-7-18(16)14-22-21(24)15-23-13-5-8-20(23)17-9-11-19(25-2)12-10-17/h3-4,6-7,9-12,20H,5,8,13-15H2,1-2H3,(H,22,24)/t20-/m0/s1. The van der Waals surface area contributed by atoms with Crippen LogP contribution in [0.4, 0.5) is 0 Å². The summed E-state index contributed by atoms with van der Waals surface area (Å²) in [6.07, 6.45) is 2.22. The summed E-state index contributed by atoms with van der Waals surface area (Å²) in [7, 11) is 1.68. The molecular formula is C21H26N2O2. The Morgan fingerprint density at radius 2 is 1.96 bits per heavy atom. The van der Waals surface area contributed by atoms with Crippen molar-refractivity contribution >= 4 is 5.91 Å². The lowest BCUT2D eigenvalue weighted by Crippen LogP contribution is -2.36. The molecule has 1 saturated heterocycles. The number of carbonyl (C=O) groups excluding carboxylic acids is 1. The summed E-state index contributed by atoms with van der Waals surface area (Å²) in [5.41, 5.74) is 3.63. The zero-order chi connectivity index (χ0) is 17.6. The van der Waals surface area contributed by atoms with Crippen LogP contribution >= 0.6 is 0 Å². The van der Waals surface area contributed by atoms with Crippen molar-refractivity contribution in [1.29, 1.82) is 0 Å². The van der Waals surface area contributed by atoms with Gasteiger partial charge in [0.05, 0.1) is 13.7 Å². The van der Waals surface area contributed by atoms with Gasteiger partial charge in [0.25, 0.3) is 0 Å². The number of amides is 1. The maximum absolute atomic E-state index is 12.4. The van der Waals surface area contributed by atoms with E-state index in [1.54, 1.807) is 7.11 Å². The first-order chi connectivity index (χ1) is 12.2. The van der Waals surface area contributed by atoms with Crippen molar-refractivity contribution in [2.75, 3.05) is 20.2 Å². The van der Waals surface area contributed by atoms with E-state index in [1.165, 1.54) is 16.7 Å². The molecule has 1 atom stereocenters. The number of hydrogen-bond donors (Lipinski definition) is 1. The molecule has 0 aliphatic carbocycles. The van der Waals surface area contributed by atoms with Crippen molar-refractivity contribution in [3.05, 3.63) is 65.2 Å². The van der Waals surface area contributed by atoms with E-state index in [2.05, 4.69) is 41.4 Å². The largest absolute Gasteiger partial charge is 0.497 e. The van der Waals surface area contributed by atoms with E-state index in [-0.39, 0.29) is 5.91 Å². The molecule has 0 aromatic heterocycles. The average molecular weight is 338 g/mol. The number of carbonyl (C=O) groups is 1. The fourth-order valence-electron chi connectivity index (χ4n) is 3.46. The van der Waals surface area contributed by atoms with Crippen molar-refractivity contribution in [1.82, 2.24) is 10.2 Å². The zero-order valence-electron chi connectivity index (χ0n) is 15.0. The molecule has 1 N–H and O–H groups in total. The van der Waals surface area contributed by atoms with E-state index in [1.807, 2.05) is 24.3 Å². The van der Waals surface area contributed by atoms with Crippen LogP contribution in [0.15, 0.2) is 48.5 Å². The highest BCUT2D eigenvalue weighted by Gasteiger charge is 2.27. The van der Waals surface area contributed by atoms with Gasteiger partial charge in [-0.15, -0.1) is 0 Å². The smallest absolute Gasteiger partial charge is 0.234 e. The molecule has 1 aliphatic rings. The van der Waals surface area contributed by atoms with E-state index in [0.29, 0.717) is 19.1 Å². The van der Waals surface area contributed by atoms with E-state index < -0.39 is 0 Å². The van der Waals surface area contributed by atoms with Gasteiger partial charge in [0.2, 0.25) is 5.91 Å². The second-order valence-corrected chi connectivity index (χ2v) is 6.60. The highest BCUT2D eigenvalue weighted by molar-refractivity contribution is 5.78. The van der Waals surface area contributed by atoms with E-state index in [4.69, 9.17) is 4.74 Å². The zero-order valence-corrected chi connectivity index (χ0v) is 15.0. The Balaban J connectivity index is 1.57. The molecule has 132 valence electrons. The Bertz CT molecular complexity index is 712. The van der Waals surface area contributed by atoms with Crippen LogP contribution in [0.3, 0.4) is 0 Å². The van der Waals surface area contributed by atoms with Crippen LogP contribution in [0, 0.1) is 6.92 Å². The molecule has 3 rings (SSSR count). The Morgan fingerprint density at radius 1 is 1.20 bits per heavy atom. The summed E-state index contributed by atoms with van der Waals surface area (Å²) in [6.45, 7) is 4.07. The van der Waals surface area contributed by atoms with Crippen LogP contribution in [0.5, 0.6) is 5.75 Å². The Kier molecular flexibility index (Phi) is 5.71. The van der Waals surface area contributed by atoms with Gasteiger partial charge in [-0.3, -0.25) is 9.69 Å². The van der Waals surface area contributed by atoms with E-state index in [0.717, 1.165) is 25.1 Å². The summed E-state index contributed by atoms with van der Waals surface area (Å²) in [6, 6.07) is 16.7. The number of ether oxygens (including phenoxy) is 1. The third-order valence-electron chi connectivity index (χ3n) is 4.95. The summed E-state index contributed by atoms with van der Waals surface area (Å²) >= 11 is 0. The van der Waals surface area contributed by atoms with E-state index in [9.17, 15) is 4.79 Å². The van der Waals surface area contributed by atoms with Crippen LogP contribution in [0.2, 0.25) is 0 Å². The molecule has 0 unspecified atom stereocenters. The highest BCUT2D eigenvalue weighted by Crippen LogP contribution is 2.32. The number of benzene rings is 2. The van der Waals surface area contributed by atoms with Crippen molar-refractivity contribution in [2.24, 2.45) is 0 Å². The van der Waals surface area contributed by atoms with Crippen molar-refractivity contribution in [2.45, 2.75) is 32.4 Å². The van der Waals surface area contributed by atoms with Gasteiger partial charge in [0, 0.05) is 12.6 Å². The lowest BCUT2D eigenvalue weighted by Gasteiger charge is -2.24. The topological polar surface area (TPSA) is 41.6 Å². The molecule has 0 radical (unpaired) electrons. The molecule has 4 heteroatoms. The van der Waals surface area contributed by atoms with Crippen LogP contribution < -0.4 is 10.1 Å². The first-order valence-corrected chi connectivity index (χ1v) is 8.86. The van der Waals surface area contributed by atoms with E-state index >= 15 is 0 Å². The second-order valence-electron chi connectivity index (χ2n) is 6.60. The molecule has 25 heavy (non-hydrogen) atoms. The van der Waals surface area contributed by atoms with Crippen LogP contribution in [-0.4, -0.2) is 31.0 Å². The second kappa shape index (κ2) is 8.17. The monoisotopic (exact) mass is 338 g/mol. The predicted octanol–water partition coefficient (Wildman–Crippen LogP) is 3.46. The Labute approximate surface area is 149 Å². The number of nitrogens with one attached hydrogen (secondary N) is 1. The fraction of sp³-hybridized carbons (Fsp3) is 0.381. The first-order valence-electron chi connectivity index (χ1n) is 8.86. The van der Waals surface area contributed by atoms with Crippen molar-refractivity contribution in [3.63, 3.8) is 0 Å². The van der Waals surface area contributed by atoms with Gasteiger partial charge in [0.1, 0.15) is 5.75 Å². The summed E-state index contributed by atoms with van der Waals surface area (Å²) in [5.74, 6) is 0.952. The average Bonchev–Trinajstić information content (AvgIpc) is 3.09. The van der Waals surface area contributed by atoms with Gasteiger partial charge < -0.3 is 10.1 Å². The van der Waals surface area contributed by atoms with Crippen molar-refractivity contribution in [3.8, 4) is 5.75 Å². The Morgan fingerprint density at radius 3 is 2.68 bits per heavy atom. The summed E-state index contributed by atoms with van der Waals surface area (Å²) in [4.78, 5) is 14.7. The number of nitrogens with zero attached hydrogens (tertiary/aromatic N) is 1. The lowest BCUT2D eigenvalue weighted by atomic mass is 10.0. The van der Waals surface area contributed by atoms with Gasteiger partial charge >= 0.3 is 0 Å². The normalized spacial score (nSPS) is 17.4. The molecule has 1 amide bonds. The van der Waals surface area contributed by atoms with Gasteiger partial charge in [-0.05, 0) is 55.1 Å². The minimum Gasteiger partial charge on any atom is -0.497 e. The number of likely N-dealkylation sites (tertiary alicyclic amines) is 1. The van der Waals surface area contributed by atoms with Crippen LogP contribution in [-0.2, 0) is 11.3 Å². The summed E-state index contributed by atoms with van der Waals surface area (Å²) in [5, 5.41) is 3.06. The fourth-order valence-corrected chi connectivity index (χ4v) is 3.46. The third kappa shape index (κ3) is 4.40. The minimum absolute atomic E-state index is 0.0867. The van der Waals surface area contributed by atoms with Gasteiger partial charge in [-0.1, -0.05) is 36.4 Å². The number of hydrogen-bond acceptors (Lipinski definition) is 3. The molecule has 1 heterocycles. The van der Waals surface area contributed by atoms with Crippen LogP contribution in [0.25, 0.3) is 0 Å². The predicted molar refractivity (Wildman–Crippen MR) is 99.6 cm³/mol. The molecule has 2 aromatic carbocycles. The van der Waals surface area contributed by atoms with Crippen molar-refractivity contribution < 1.29 is 9.53 Å². The molecular weight excluding hydrogens is 312 g/mol. The number of methoxy groups -OCH3 is 1. The first kappa shape index (κ1) is 17.5. The number of rotatable bonds is 6. The van der Waals surface area contributed by atoms with Gasteiger partial charge in [-0.2, -0.15) is 0 Å². The SMILES string of the molecule is COc1ccc([C@@H]2CCCN2CC(=O)NCc2ccccc2C)cc1. The lowest BCUT2D eigenvalue weighted by molar-refractivity contribution is -0.122. The third-order valence-corrected chi connectivity index (χ3v) is 4.95. The number of aryl methyl sites for hydroxylation is 1. The molecule has 1 fully saturated rings. The molecule has 0 spiro atoms. The van der Waals surface area contributed by atoms with Gasteiger partial charge in [0.15, 0.2) is 0 Å². The summed E-state index contributed by atoms with van der Waals surface area (Å²) < 4.78 is 5.23. The molecule has 1 aliphatic heterocycles. The highest BCUT2D eigenvalue weighted by atomic mass is 16.5. The van der Waals surface area contributed by atoms with Crippen LogP contribution in [0.1, 0.15) is 35.6 Å². The minimum atomic E-state index is 0.0867. The molecule has 0 bridgehead atoms. The molecule has 0 saturated carbocycles. The molecule has 2 aromatic rings. The Hall–Kier alpha value is -2.33. The van der Waals surface area contributed by atoms with Gasteiger partial charge in [-0.25, -0.2) is 0 Å². The molecule has 4 nitrogen and oxygen atoms in total. The maximum Gasteiger partial charge on any atom is 0.234 e. The maximum atomic E-state index is 12.4.